The number of benzene rings is 2. The van der Waals surface area contributed by atoms with Gasteiger partial charge in [-0.3, -0.25) is 9.69 Å². The van der Waals surface area contributed by atoms with E-state index in [1.54, 1.807) is 17.0 Å². The first-order chi connectivity index (χ1) is 14.6. The lowest BCUT2D eigenvalue weighted by Gasteiger charge is -2.30. The Labute approximate surface area is 178 Å². The van der Waals surface area contributed by atoms with E-state index in [1.165, 1.54) is 17.4 Å². The highest BCUT2D eigenvalue weighted by Gasteiger charge is 2.33. The maximum atomic E-state index is 14.2. The number of nitrogens with zero attached hydrogens (tertiary/aromatic N) is 3. The van der Waals surface area contributed by atoms with Crippen molar-refractivity contribution in [3.05, 3.63) is 48.3 Å². The predicted molar refractivity (Wildman–Crippen MR) is 116 cm³/mol. The monoisotopic (exact) mass is 429 g/mol. The van der Waals surface area contributed by atoms with Gasteiger partial charge in [0, 0.05) is 13.1 Å². The molecule has 0 spiro atoms. The molecule has 6 nitrogen and oxygen atoms in total. The first kappa shape index (κ1) is 20.6. The van der Waals surface area contributed by atoms with Crippen LogP contribution in [0.15, 0.2) is 42.5 Å². The van der Waals surface area contributed by atoms with Crippen molar-refractivity contribution in [2.75, 3.05) is 37.7 Å². The largest absolute Gasteiger partial charge is 0.485 e. The Morgan fingerprint density at radius 2 is 1.90 bits per heavy atom. The molecule has 158 valence electrons. The normalized spacial score (nSPS) is 15.5. The molecule has 1 aliphatic rings. The Hall–Kier alpha value is -2.71. The SMILES string of the molecule is CCN(CC)CCN(C(=O)[C@H]1COc2ccccc2O1)c1nc2c(F)cccc2s1. The van der Waals surface area contributed by atoms with Crippen LogP contribution < -0.4 is 14.4 Å². The van der Waals surface area contributed by atoms with E-state index in [1.807, 2.05) is 24.3 Å². The molecule has 1 amide bonds. The zero-order valence-electron chi connectivity index (χ0n) is 17.0. The van der Waals surface area contributed by atoms with Crippen LogP contribution in [0.4, 0.5) is 9.52 Å². The predicted octanol–water partition coefficient (Wildman–Crippen LogP) is 3.95. The number of likely N-dealkylation sites (N-methyl/N-ethyl adjacent to an activating group) is 1. The van der Waals surface area contributed by atoms with Gasteiger partial charge in [-0.05, 0) is 37.4 Å². The number of thiazole rings is 1. The Kier molecular flexibility index (Phi) is 6.15. The molecule has 8 heteroatoms. The Bertz CT molecular complexity index is 1040. The summed E-state index contributed by atoms with van der Waals surface area (Å²) in [6, 6.07) is 12.1. The number of ether oxygens (including phenoxy) is 2. The van der Waals surface area contributed by atoms with Crippen molar-refractivity contribution in [1.82, 2.24) is 9.88 Å². The van der Waals surface area contributed by atoms with E-state index >= 15 is 0 Å². The third-order valence-corrected chi connectivity index (χ3v) is 6.22. The smallest absolute Gasteiger partial charge is 0.273 e. The number of rotatable bonds is 7. The lowest BCUT2D eigenvalue weighted by molar-refractivity contribution is -0.127. The highest BCUT2D eigenvalue weighted by Crippen LogP contribution is 2.34. The summed E-state index contributed by atoms with van der Waals surface area (Å²) in [7, 11) is 0. The molecule has 1 aliphatic heterocycles. The van der Waals surface area contributed by atoms with E-state index in [0.29, 0.717) is 34.4 Å². The average molecular weight is 430 g/mol. The fraction of sp³-hybridized carbons (Fsp3) is 0.364. The molecule has 0 bridgehead atoms. The topological polar surface area (TPSA) is 54.9 Å². The van der Waals surface area contributed by atoms with E-state index in [0.717, 1.165) is 13.1 Å². The Balaban J connectivity index is 1.62. The summed E-state index contributed by atoms with van der Waals surface area (Å²) in [6.07, 6.45) is -0.784. The molecule has 1 atom stereocenters. The minimum Gasteiger partial charge on any atom is -0.485 e. The van der Waals surface area contributed by atoms with Gasteiger partial charge >= 0.3 is 0 Å². The van der Waals surface area contributed by atoms with Crippen molar-refractivity contribution >= 4 is 32.6 Å². The molecule has 1 aromatic heterocycles. The van der Waals surface area contributed by atoms with Crippen molar-refractivity contribution < 1.29 is 18.7 Å². The molecular formula is C22H24FN3O3S. The van der Waals surface area contributed by atoms with E-state index in [4.69, 9.17) is 9.47 Å². The standard InChI is InChI=1S/C22H24FN3O3S/c1-3-25(4-2)12-13-26(22-24-20-15(23)8-7-11-19(20)30-22)21(27)18-14-28-16-9-5-6-10-17(16)29-18/h5-11,18H,3-4,12-14H2,1-2H3/t18-/m1/s1. The van der Waals surface area contributed by atoms with Gasteiger partial charge in [0.25, 0.3) is 5.91 Å². The molecule has 2 heterocycles. The van der Waals surface area contributed by atoms with Crippen molar-refractivity contribution in [3.63, 3.8) is 0 Å². The quantitative estimate of drug-likeness (QED) is 0.569. The number of aromatic nitrogens is 1. The summed E-state index contributed by atoms with van der Waals surface area (Å²) < 4.78 is 26.6. The number of anilines is 1. The van der Waals surface area contributed by atoms with Gasteiger partial charge in [-0.1, -0.05) is 43.4 Å². The molecular weight excluding hydrogens is 405 g/mol. The third kappa shape index (κ3) is 4.11. The molecule has 0 aliphatic carbocycles. The number of amides is 1. The summed E-state index contributed by atoms with van der Waals surface area (Å²) in [4.78, 5) is 21.7. The second-order valence-electron chi connectivity index (χ2n) is 6.96. The minimum atomic E-state index is -0.784. The van der Waals surface area contributed by atoms with E-state index in [2.05, 4.69) is 23.7 Å². The maximum absolute atomic E-state index is 14.2. The number of hydrogen-bond acceptors (Lipinski definition) is 6. The lowest BCUT2D eigenvalue weighted by atomic mass is 10.2. The van der Waals surface area contributed by atoms with E-state index < -0.39 is 11.9 Å². The number of carbonyl (C=O) groups is 1. The fourth-order valence-electron chi connectivity index (χ4n) is 3.42. The third-order valence-electron chi connectivity index (χ3n) is 5.17. The van der Waals surface area contributed by atoms with Crippen LogP contribution in [0.3, 0.4) is 0 Å². The van der Waals surface area contributed by atoms with Gasteiger partial charge in [-0.25, -0.2) is 9.37 Å². The van der Waals surface area contributed by atoms with E-state index in [-0.39, 0.29) is 18.0 Å². The minimum absolute atomic E-state index is 0.122. The molecule has 30 heavy (non-hydrogen) atoms. The molecule has 0 fully saturated rings. The molecule has 0 saturated carbocycles. The number of halogens is 1. The Morgan fingerprint density at radius 3 is 2.63 bits per heavy atom. The van der Waals surface area contributed by atoms with Crippen LogP contribution in [0.2, 0.25) is 0 Å². The first-order valence-electron chi connectivity index (χ1n) is 10.1. The highest BCUT2D eigenvalue weighted by atomic mass is 32.1. The Morgan fingerprint density at radius 1 is 1.13 bits per heavy atom. The molecule has 0 unspecified atom stereocenters. The first-order valence-corrected chi connectivity index (χ1v) is 10.9. The van der Waals surface area contributed by atoms with Crippen molar-refractivity contribution in [3.8, 4) is 11.5 Å². The van der Waals surface area contributed by atoms with Crippen molar-refractivity contribution in [1.29, 1.82) is 0 Å². The van der Waals surface area contributed by atoms with Crippen molar-refractivity contribution in [2.45, 2.75) is 20.0 Å². The molecule has 4 rings (SSSR count). The molecule has 0 N–H and O–H groups in total. The van der Waals surface area contributed by atoms with Crippen LogP contribution in [0, 0.1) is 5.82 Å². The van der Waals surface area contributed by atoms with Crippen LogP contribution >= 0.6 is 11.3 Å². The second kappa shape index (κ2) is 8.97. The number of para-hydroxylation sites is 3. The van der Waals surface area contributed by atoms with Gasteiger partial charge < -0.3 is 14.4 Å². The summed E-state index contributed by atoms with van der Waals surface area (Å²) in [6.45, 7) is 7.16. The van der Waals surface area contributed by atoms with Gasteiger partial charge in [0.05, 0.1) is 4.70 Å². The van der Waals surface area contributed by atoms with Crippen LogP contribution in [-0.2, 0) is 4.79 Å². The van der Waals surface area contributed by atoms with Crippen LogP contribution in [0.25, 0.3) is 10.2 Å². The summed E-state index contributed by atoms with van der Waals surface area (Å²) in [5.41, 5.74) is 0.282. The summed E-state index contributed by atoms with van der Waals surface area (Å²) in [5, 5.41) is 0.467. The summed E-state index contributed by atoms with van der Waals surface area (Å²) in [5.74, 6) is 0.535. The zero-order chi connectivity index (χ0) is 21.1. The van der Waals surface area contributed by atoms with Crippen molar-refractivity contribution in [2.24, 2.45) is 0 Å². The van der Waals surface area contributed by atoms with Gasteiger partial charge in [0.15, 0.2) is 16.6 Å². The number of carbonyl (C=O) groups excluding carboxylic acids is 1. The van der Waals surface area contributed by atoms with Crippen LogP contribution in [-0.4, -0.2) is 54.7 Å². The van der Waals surface area contributed by atoms with Gasteiger partial charge in [0.2, 0.25) is 6.10 Å². The average Bonchev–Trinajstić information content (AvgIpc) is 3.21. The van der Waals surface area contributed by atoms with Crippen LogP contribution in [0.1, 0.15) is 13.8 Å². The molecule has 3 aromatic rings. The van der Waals surface area contributed by atoms with Gasteiger partial charge in [-0.2, -0.15) is 0 Å². The maximum Gasteiger partial charge on any atom is 0.273 e. The fourth-order valence-corrected chi connectivity index (χ4v) is 4.43. The molecule has 0 saturated heterocycles. The van der Waals surface area contributed by atoms with Gasteiger partial charge in [0.1, 0.15) is 17.9 Å². The lowest BCUT2D eigenvalue weighted by Crippen LogP contribution is -2.48. The van der Waals surface area contributed by atoms with Gasteiger partial charge in [-0.15, -0.1) is 0 Å². The van der Waals surface area contributed by atoms with Crippen LogP contribution in [0.5, 0.6) is 11.5 Å². The zero-order valence-corrected chi connectivity index (χ0v) is 17.8. The highest BCUT2D eigenvalue weighted by molar-refractivity contribution is 7.22. The number of fused-ring (bicyclic) bond motifs is 2. The summed E-state index contributed by atoms with van der Waals surface area (Å²) >= 11 is 1.30. The van der Waals surface area contributed by atoms with E-state index in [9.17, 15) is 9.18 Å². The number of hydrogen-bond donors (Lipinski definition) is 0. The second-order valence-corrected chi connectivity index (χ2v) is 7.97. The molecule has 2 aromatic carbocycles. The molecule has 0 radical (unpaired) electrons.